The first kappa shape index (κ1) is 24.7. The number of furan rings is 1. The molecular formula is C50H48BN3O. The summed E-state index contributed by atoms with van der Waals surface area (Å²) in [5, 5.41) is 4.54. The highest BCUT2D eigenvalue weighted by atomic mass is 16.3. The Bertz CT molecular complexity index is 3100. The van der Waals surface area contributed by atoms with Gasteiger partial charge in [-0.15, -0.1) is 0 Å². The summed E-state index contributed by atoms with van der Waals surface area (Å²) in [6.45, 7) is 15.2. The maximum atomic E-state index is 9.24. The van der Waals surface area contributed by atoms with E-state index in [9.17, 15) is 5.48 Å². The van der Waals surface area contributed by atoms with Gasteiger partial charge in [0.1, 0.15) is 5.58 Å². The van der Waals surface area contributed by atoms with Crippen molar-refractivity contribution in [2.45, 2.75) is 77.6 Å². The van der Waals surface area contributed by atoms with Crippen LogP contribution >= 0.6 is 0 Å². The van der Waals surface area contributed by atoms with Crippen molar-refractivity contribution in [1.29, 1.82) is 0 Å². The summed E-state index contributed by atoms with van der Waals surface area (Å²) in [6, 6.07) is 18.5. The molecule has 0 saturated heterocycles. The summed E-state index contributed by atoms with van der Waals surface area (Å²) in [5.41, 5.74) is 9.74. The fourth-order valence-corrected chi connectivity index (χ4v) is 8.96. The van der Waals surface area contributed by atoms with Crippen molar-refractivity contribution in [3.8, 4) is 0 Å². The summed E-state index contributed by atoms with van der Waals surface area (Å²) in [7, 11) is 0. The zero-order valence-corrected chi connectivity index (χ0v) is 32.2. The van der Waals surface area contributed by atoms with Gasteiger partial charge in [-0.3, -0.25) is 0 Å². The first-order valence-corrected chi connectivity index (χ1v) is 19.0. The van der Waals surface area contributed by atoms with Crippen molar-refractivity contribution < 1.29 is 18.1 Å². The highest BCUT2D eigenvalue weighted by Crippen LogP contribution is 2.51. The quantitative estimate of drug-likeness (QED) is 0.183. The maximum Gasteiger partial charge on any atom is 0.297 e. The van der Waals surface area contributed by atoms with Crippen LogP contribution in [0, 0.1) is 0 Å². The maximum absolute atomic E-state index is 9.24. The number of para-hydroxylation sites is 3. The smallest absolute Gasteiger partial charge is 0.297 e. The van der Waals surface area contributed by atoms with Crippen LogP contribution < -0.4 is 31.7 Å². The van der Waals surface area contributed by atoms with Crippen molar-refractivity contribution in [3.05, 3.63) is 150 Å². The Balaban J connectivity index is 1.37. The van der Waals surface area contributed by atoms with E-state index < -0.39 is 67.1 Å². The van der Waals surface area contributed by atoms with E-state index in [0.29, 0.717) is 17.0 Å². The first-order valence-electron chi connectivity index (χ1n) is 24.0. The number of nitrogens with zero attached hydrogens (tertiary/aromatic N) is 2. The van der Waals surface area contributed by atoms with Gasteiger partial charge in [-0.1, -0.05) is 115 Å². The highest BCUT2D eigenvalue weighted by Gasteiger charge is 2.46. The number of hydrogen-bond acceptors (Lipinski definition) is 4. The minimum absolute atomic E-state index is 0.0629. The number of nitrogens with one attached hydrogen (secondary N) is 1. The van der Waals surface area contributed by atoms with Crippen LogP contribution in [-0.4, -0.2) is 6.71 Å². The van der Waals surface area contributed by atoms with E-state index in [2.05, 4.69) is 95.1 Å². The second kappa shape index (κ2) is 11.9. The van der Waals surface area contributed by atoms with Gasteiger partial charge in [0.05, 0.1) is 30.7 Å². The lowest BCUT2D eigenvalue weighted by Crippen LogP contribution is -2.59. The average Bonchev–Trinajstić information content (AvgIpc) is 3.65. The minimum atomic E-state index is -0.629. The lowest BCUT2D eigenvalue weighted by Gasteiger charge is -2.43. The third-order valence-electron chi connectivity index (χ3n) is 12.0. The molecule has 3 heterocycles. The Morgan fingerprint density at radius 2 is 1.40 bits per heavy atom. The van der Waals surface area contributed by atoms with Crippen LogP contribution in [0.25, 0.3) is 11.0 Å². The Morgan fingerprint density at radius 3 is 2.09 bits per heavy atom. The largest absolute Gasteiger partial charge is 0.468 e. The molecule has 55 heavy (non-hydrogen) atoms. The molecule has 1 N–H and O–H groups in total. The SMILES string of the molecule is [2H]c1c([2H])c([2H])c(N(c2cc3c4c(c2)N(c2ccc5c(c2)C(C)(C)CCC5(C)C)c2c(oc5ccc(C(C)(C)C)cc25)B4c2ccccc2N3)c2c([2H])c([2H])c([2H])c([2H])c2[2H])c([2H])c1[2H]. The number of hydrogen-bond donors (Lipinski definition) is 1. The van der Waals surface area contributed by atoms with Gasteiger partial charge in [0.25, 0.3) is 6.71 Å². The van der Waals surface area contributed by atoms with Crippen LogP contribution in [0.5, 0.6) is 0 Å². The Hall–Kier alpha value is -5.68. The predicted octanol–water partition coefficient (Wildman–Crippen LogP) is 11.9. The van der Waals surface area contributed by atoms with Gasteiger partial charge in [0.15, 0.2) is 0 Å². The van der Waals surface area contributed by atoms with E-state index in [0.717, 1.165) is 57.4 Å². The van der Waals surface area contributed by atoms with Crippen LogP contribution in [0.2, 0.25) is 0 Å². The molecule has 0 unspecified atom stereocenters. The minimum Gasteiger partial charge on any atom is -0.468 e. The molecule has 0 saturated carbocycles. The van der Waals surface area contributed by atoms with Gasteiger partial charge in [0.2, 0.25) is 0 Å². The molecule has 0 amide bonds. The predicted molar refractivity (Wildman–Crippen MR) is 234 cm³/mol. The molecule has 6 aromatic carbocycles. The molecule has 1 aliphatic carbocycles. The topological polar surface area (TPSA) is 31.6 Å². The molecular weight excluding hydrogens is 669 g/mol. The molecule has 1 aromatic heterocycles. The Kier molecular flexibility index (Phi) is 5.34. The molecule has 0 bridgehead atoms. The van der Waals surface area contributed by atoms with Crippen LogP contribution in [0.15, 0.2) is 138 Å². The van der Waals surface area contributed by atoms with Gasteiger partial charge >= 0.3 is 0 Å². The second-order valence-electron chi connectivity index (χ2n) is 17.5. The average molecular weight is 728 g/mol. The van der Waals surface area contributed by atoms with Crippen LogP contribution in [0.3, 0.4) is 0 Å². The zero-order chi connectivity index (χ0) is 46.6. The molecule has 0 fully saturated rings. The number of anilines is 8. The summed E-state index contributed by atoms with van der Waals surface area (Å²) in [5.74, 6) is 0. The standard InChI is InChI=1S/C50H48BN3O/c1-48(2,3)32-22-25-44-37(28-32)46-47(55-44)51-40-20-14-15-21-41(40)52-42-30-36(53(33-16-10-8-11-17-33)34-18-12-9-13-19-34)31-43(45(42)51)54(46)35-23-24-38-39(29-35)50(6,7)27-26-49(38,4)5/h8-25,28-31,52H,26-27H2,1-7H3/i8D,9D,10D,11D,12D,13D,16D,17D,18D,19D. The van der Waals surface area contributed by atoms with Crippen LogP contribution in [-0.2, 0) is 16.2 Å². The monoisotopic (exact) mass is 727 g/mol. The molecule has 2 aliphatic heterocycles. The normalized spacial score (nSPS) is 18.7. The van der Waals surface area contributed by atoms with E-state index in [1.807, 2.05) is 30.3 Å². The van der Waals surface area contributed by atoms with Gasteiger partial charge in [-0.05, 0) is 123 Å². The van der Waals surface area contributed by atoms with Crippen molar-refractivity contribution in [2.24, 2.45) is 0 Å². The van der Waals surface area contributed by atoms with Crippen LogP contribution in [0.4, 0.5) is 45.5 Å². The molecule has 272 valence electrons. The van der Waals surface area contributed by atoms with Crippen molar-refractivity contribution in [1.82, 2.24) is 0 Å². The summed E-state index contributed by atoms with van der Waals surface area (Å²) in [4.78, 5) is 3.44. The zero-order valence-electron chi connectivity index (χ0n) is 42.2. The van der Waals surface area contributed by atoms with E-state index in [1.54, 1.807) is 6.07 Å². The number of benzene rings is 6. The van der Waals surface area contributed by atoms with Crippen molar-refractivity contribution >= 4 is 79.8 Å². The fraction of sp³-hybridized carbons (Fsp3) is 0.240. The molecule has 0 radical (unpaired) electrons. The molecule has 0 atom stereocenters. The second-order valence-corrected chi connectivity index (χ2v) is 17.5. The third-order valence-corrected chi connectivity index (χ3v) is 12.0. The lowest BCUT2D eigenvalue weighted by atomic mass is 9.35. The van der Waals surface area contributed by atoms with Crippen molar-refractivity contribution in [3.63, 3.8) is 0 Å². The fourth-order valence-electron chi connectivity index (χ4n) is 8.96. The summed E-state index contributed by atoms with van der Waals surface area (Å²) < 4.78 is 96.0. The van der Waals surface area contributed by atoms with Gasteiger partial charge in [-0.25, -0.2) is 0 Å². The first-order chi connectivity index (χ1) is 30.5. The summed E-state index contributed by atoms with van der Waals surface area (Å²) in [6.07, 6.45) is 2.03. The Morgan fingerprint density at radius 1 is 0.727 bits per heavy atom. The van der Waals surface area contributed by atoms with Gasteiger partial charge < -0.3 is 19.5 Å². The van der Waals surface area contributed by atoms with Gasteiger partial charge in [-0.2, -0.15) is 0 Å². The number of rotatable bonds is 4. The van der Waals surface area contributed by atoms with E-state index in [1.165, 1.54) is 16.0 Å². The molecule has 7 aromatic rings. The number of fused-ring (bicyclic) bond motifs is 7. The van der Waals surface area contributed by atoms with E-state index >= 15 is 0 Å². The van der Waals surface area contributed by atoms with Gasteiger partial charge in [0, 0.05) is 39.5 Å². The van der Waals surface area contributed by atoms with Crippen molar-refractivity contribution in [2.75, 3.05) is 15.1 Å². The van der Waals surface area contributed by atoms with E-state index in [4.69, 9.17) is 12.6 Å². The molecule has 10 rings (SSSR count). The third kappa shape index (κ3) is 5.27. The molecule has 5 heteroatoms. The van der Waals surface area contributed by atoms with Crippen LogP contribution in [0.1, 0.15) is 91.7 Å². The lowest BCUT2D eigenvalue weighted by molar-refractivity contribution is 0.332. The Labute approximate surface area is 339 Å². The summed E-state index contributed by atoms with van der Waals surface area (Å²) >= 11 is 0. The molecule has 0 spiro atoms. The van der Waals surface area contributed by atoms with E-state index in [-0.39, 0.29) is 33.3 Å². The highest BCUT2D eigenvalue weighted by molar-refractivity contribution is 6.99. The molecule has 3 aliphatic rings. The molecule has 4 nitrogen and oxygen atoms in total.